The maximum atomic E-state index is 4.46. The molecule has 0 aliphatic heterocycles. The van der Waals surface area contributed by atoms with E-state index in [4.69, 9.17) is 0 Å². The van der Waals surface area contributed by atoms with Gasteiger partial charge in [0, 0.05) is 11.4 Å². The second-order valence-corrected chi connectivity index (χ2v) is 5.97. The minimum Gasteiger partial charge on any atom is -0.316 e. The molecule has 0 spiro atoms. The molecule has 3 nitrogen and oxygen atoms in total. The van der Waals surface area contributed by atoms with Crippen LogP contribution in [0.3, 0.4) is 0 Å². The van der Waals surface area contributed by atoms with Gasteiger partial charge in [0.2, 0.25) is 0 Å². The highest BCUT2D eigenvalue weighted by Crippen LogP contribution is 2.27. The Bertz CT molecular complexity index is 552. The van der Waals surface area contributed by atoms with Gasteiger partial charge < -0.3 is 5.32 Å². The van der Waals surface area contributed by atoms with E-state index in [1.54, 1.807) is 0 Å². The van der Waals surface area contributed by atoms with Gasteiger partial charge in [-0.2, -0.15) is 5.10 Å². The van der Waals surface area contributed by atoms with E-state index >= 15 is 0 Å². The number of benzene rings is 1. The predicted molar refractivity (Wildman–Crippen MR) is 79.4 cm³/mol. The molecule has 0 saturated heterocycles. The standard InChI is InChI=1S/C16H23N3/c1-12(2)19-16-9-13(5-6-15(16)11-18-19)7-8-17-10-14-3-4-14/h5-6,9,11-12,14,17H,3-4,7-8,10H2,1-2H3. The smallest absolute Gasteiger partial charge is 0.0688 e. The first kappa shape index (κ1) is 12.7. The van der Waals surface area contributed by atoms with Crippen LogP contribution in [0.5, 0.6) is 0 Å². The summed E-state index contributed by atoms with van der Waals surface area (Å²) in [5.74, 6) is 0.963. The number of hydrogen-bond acceptors (Lipinski definition) is 2. The summed E-state index contributed by atoms with van der Waals surface area (Å²) in [6.07, 6.45) is 5.91. The van der Waals surface area contributed by atoms with E-state index in [2.05, 4.69) is 47.1 Å². The monoisotopic (exact) mass is 257 g/mol. The van der Waals surface area contributed by atoms with Crippen LogP contribution in [0.15, 0.2) is 24.4 Å². The van der Waals surface area contributed by atoms with Gasteiger partial charge in [0.1, 0.15) is 0 Å². The lowest BCUT2D eigenvalue weighted by Gasteiger charge is -2.08. The van der Waals surface area contributed by atoms with Crippen molar-refractivity contribution in [2.75, 3.05) is 13.1 Å². The molecule has 0 amide bonds. The Balaban J connectivity index is 1.67. The van der Waals surface area contributed by atoms with Gasteiger partial charge in [-0.05, 0) is 63.7 Å². The zero-order valence-corrected chi connectivity index (χ0v) is 11.9. The fraction of sp³-hybridized carbons (Fsp3) is 0.562. The molecule has 0 radical (unpaired) electrons. The molecule has 1 saturated carbocycles. The van der Waals surface area contributed by atoms with Crippen molar-refractivity contribution in [3.8, 4) is 0 Å². The zero-order chi connectivity index (χ0) is 13.2. The summed E-state index contributed by atoms with van der Waals surface area (Å²) in [5, 5.41) is 9.26. The Kier molecular flexibility index (Phi) is 3.56. The minimum absolute atomic E-state index is 0.417. The molecule has 102 valence electrons. The third-order valence-corrected chi connectivity index (χ3v) is 3.87. The number of nitrogens with one attached hydrogen (secondary N) is 1. The van der Waals surface area contributed by atoms with Gasteiger partial charge in [-0.3, -0.25) is 4.68 Å². The Morgan fingerprint density at radius 3 is 2.95 bits per heavy atom. The number of rotatable bonds is 6. The Morgan fingerprint density at radius 2 is 2.21 bits per heavy atom. The van der Waals surface area contributed by atoms with Gasteiger partial charge in [0.05, 0.1) is 11.7 Å². The highest BCUT2D eigenvalue weighted by atomic mass is 15.3. The molecule has 19 heavy (non-hydrogen) atoms. The second kappa shape index (κ2) is 5.33. The SMILES string of the molecule is CC(C)n1ncc2ccc(CCNCC3CC3)cc21. The molecular weight excluding hydrogens is 234 g/mol. The molecular formula is C16H23N3. The number of hydrogen-bond donors (Lipinski definition) is 1. The Labute approximate surface area is 115 Å². The molecule has 1 fully saturated rings. The predicted octanol–water partition coefficient (Wildman–Crippen LogP) is 3.16. The van der Waals surface area contributed by atoms with Crippen molar-refractivity contribution >= 4 is 10.9 Å². The van der Waals surface area contributed by atoms with Gasteiger partial charge in [-0.25, -0.2) is 0 Å². The summed E-state index contributed by atoms with van der Waals surface area (Å²) in [6.45, 7) is 6.64. The van der Waals surface area contributed by atoms with Gasteiger partial charge in [0.25, 0.3) is 0 Å². The third-order valence-electron chi connectivity index (χ3n) is 3.87. The first-order valence-electron chi connectivity index (χ1n) is 7.41. The molecule has 0 unspecified atom stereocenters. The maximum Gasteiger partial charge on any atom is 0.0688 e. The van der Waals surface area contributed by atoms with Crippen LogP contribution in [0.2, 0.25) is 0 Å². The van der Waals surface area contributed by atoms with Crippen LogP contribution in [-0.2, 0) is 6.42 Å². The van der Waals surface area contributed by atoms with Crippen molar-refractivity contribution in [1.82, 2.24) is 15.1 Å². The molecule has 2 aromatic rings. The van der Waals surface area contributed by atoms with E-state index in [9.17, 15) is 0 Å². The van der Waals surface area contributed by atoms with E-state index in [-0.39, 0.29) is 0 Å². The summed E-state index contributed by atoms with van der Waals surface area (Å²) in [5.41, 5.74) is 2.66. The average Bonchev–Trinajstić information content (AvgIpc) is 3.12. The van der Waals surface area contributed by atoms with E-state index in [0.717, 1.165) is 18.9 Å². The van der Waals surface area contributed by atoms with Gasteiger partial charge in [0.15, 0.2) is 0 Å². The molecule has 3 rings (SSSR count). The molecule has 1 N–H and O–H groups in total. The first-order valence-corrected chi connectivity index (χ1v) is 7.41. The molecule has 1 aromatic carbocycles. The third kappa shape index (κ3) is 2.98. The van der Waals surface area contributed by atoms with Crippen molar-refractivity contribution < 1.29 is 0 Å². The van der Waals surface area contributed by atoms with Crippen molar-refractivity contribution in [3.05, 3.63) is 30.0 Å². The van der Waals surface area contributed by atoms with Crippen LogP contribution in [0.25, 0.3) is 10.9 Å². The second-order valence-electron chi connectivity index (χ2n) is 5.97. The lowest BCUT2D eigenvalue weighted by atomic mass is 10.1. The van der Waals surface area contributed by atoms with Gasteiger partial charge >= 0.3 is 0 Å². The van der Waals surface area contributed by atoms with E-state index in [1.165, 1.54) is 35.9 Å². The van der Waals surface area contributed by atoms with E-state index in [0.29, 0.717) is 6.04 Å². The van der Waals surface area contributed by atoms with Crippen LogP contribution in [-0.4, -0.2) is 22.9 Å². The average molecular weight is 257 g/mol. The summed E-state index contributed by atoms with van der Waals surface area (Å²) in [7, 11) is 0. The highest BCUT2D eigenvalue weighted by molar-refractivity contribution is 5.79. The maximum absolute atomic E-state index is 4.46. The summed E-state index contributed by atoms with van der Waals surface area (Å²) < 4.78 is 2.11. The normalized spacial score (nSPS) is 15.5. The fourth-order valence-electron chi connectivity index (χ4n) is 2.51. The molecule has 1 aromatic heterocycles. The quantitative estimate of drug-likeness (QED) is 0.806. The molecule has 1 heterocycles. The van der Waals surface area contributed by atoms with Crippen molar-refractivity contribution in [2.45, 2.75) is 39.2 Å². The summed E-state index contributed by atoms with van der Waals surface area (Å²) >= 11 is 0. The van der Waals surface area contributed by atoms with Crippen LogP contribution < -0.4 is 5.32 Å². The van der Waals surface area contributed by atoms with E-state index < -0.39 is 0 Å². The molecule has 0 atom stereocenters. The molecule has 0 bridgehead atoms. The lowest BCUT2D eigenvalue weighted by Crippen LogP contribution is -2.19. The van der Waals surface area contributed by atoms with Crippen LogP contribution >= 0.6 is 0 Å². The summed E-state index contributed by atoms with van der Waals surface area (Å²) in [6, 6.07) is 7.13. The molecule has 1 aliphatic carbocycles. The van der Waals surface area contributed by atoms with Crippen molar-refractivity contribution in [3.63, 3.8) is 0 Å². The van der Waals surface area contributed by atoms with Crippen molar-refractivity contribution in [1.29, 1.82) is 0 Å². The van der Waals surface area contributed by atoms with Crippen LogP contribution in [0, 0.1) is 5.92 Å². The fourth-order valence-corrected chi connectivity index (χ4v) is 2.51. The van der Waals surface area contributed by atoms with Crippen molar-refractivity contribution in [2.24, 2.45) is 5.92 Å². The Hall–Kier alpha value is -1.35. The topological polar surface area (TPSA) is 29.9 Å². The van der Waals surface area contributed by atoms with Crippen LogP contribution in [0.4, 0.5) is 0 Å². The largest absolute Gasteiger partial charge is 0.316 e. The number of fused-ring (bicyclic) bond motifs is 1. The number of nitrogens with zero attached hydrogens (tertiary/aromatic N) is 2. The first-order chi connectivity index (χ1) is 9.24. The Morgan fingerprint density at radius 1 is 1.37 bits per heavy atom. The van der Waals surface area contributed by atoms with Gasteiger partial charge in [-0.15, -0.1) is 0 Å². The number of aromatic nitrogens is 2. The minimum atomic E-state index is 0.417. The lowest BCUT2D eigenvalue weighted by molar-refractivity contribution is 0.550. The molecule has 3 heteroatoms. The highest BCUT2D eigenvalue weighted by Gasteiger charge is 2.19. The molecule has 1 aliphatic rings. The van der Waals surface area contributed by atoms with Crippen LogP contribution in [0.1, 0.15) is 38.3 Å². The van der Waals surface area contributed by atoms with E-state index in [1.807, 2.05) is 6.20 Å². The van der Waals surface area contributed by atoms with Gasteiger partial charge in [-0.1, -0.05) is 12.1 Å². The zero-order valence-electron chi connectivity index (χ0n) is 11.9. The summed E-state index contributed by atoms with van der Waals surface area (Å²) in [4.78, 5) is 0.